The standard InChI is InChI=1S/C33H41ClN6O3/c1-4-29(41)38-16-18-39(19-17-38)31-25-12-15-40(28-11-6-9-24-8-5-10-26(34)30(24)28)22-27(25)35-32(36-31)43-21-20-37(2)33(23-42-3)13-7-14-33/h4-6,8-11H,1,7,12-23H2,2-3H3. The number of aromatic nitrogens is 2. The van der Waals surface area contributed by atoms with Gasteiger partial charge in [0, 0.05) is 68.6 Å². The number of carbonyl (C=O) groups is 1. The van der Waals surface area contributed by atoms with Gasteiger partial charge < -0.3 is 24.2 Å². The van der Waals surface area contributed by atoms with Crippen LogP contribution in [0.25, 0.3) is 10.8 Å². The number of piperazine rings is 1. The molecule has 1 saturated carbocycles. The first-order chi connectivity index (χ1) is 20.9. The molecule has 1 aliphatic carbocycles. The lowest BCUT2D eigenvalue weighted by Crippen LogP contribution is -2.56. The third kappa shape index (κ3) is 5.90. The molecule has 0 bridgehead atoms. The largest absolute Gasteiger partial charge is 0.462 e. The quantitative estimate of drug-likeness (QED) is 0.312. The predicted molar refractivity (Wildman–Crippen MR) is 171 cm³/mol. The molecule has 0 N–H and O–H groups in total. The number of nitrogens with zero attached hydrogens (tertiary/aromatic N) is 6. The zero-order chi connectivity index (χ0) is 30.0. The number of hydrogen-bond acceptors (Lipinski definition) is 8. The van der Waals surface area contributed by atoms with Gasteiger partial charge in [-0.25, -0.2) is 0 Å². The van der Waals surface area contributed by atoms with Crippen molar-refractivity contribution in [2.24, 2.45) is 0 Å². The number of carbonyl (C=O) groups excluding carboxylic acids is 1. The molecule has 1 amide bonds. The van der Waals surface area contributed by atoms with Gasteiger partial charge in [0.15, 0.2) is 0 Å². The van der Waals surface area contributed by atoms with Gasteiger partial charge >= 0.3 is 6.01 Å². The highest BCUT2D eigenvalue weighted by molar-refractivity contribution is 6.36. The maximum absolute atomic E-state index is 12.2. The van der Waals surface area contributed by atoms with Crippen molar-refractivity contribution in [3.63, 3.8) is 0 Å². The molecule has 2 aliphatic heterocycles. The van der Waals surface area contributed by atoms with Gasteiger partial charge in [0.25, 0.3) is 0 Å². The minimum absolute atomic E-state index is 0.0281. The Bertz CT molecular complexity index is 1480. The maximum Gasteiger partial charge on any atom is 0.318 e. The number of methoxy groups -OCH3 is 1. The molecule has 10 heteroatoms. The predicted octanol–water partition coefficient (Wildman–Crippen LogP) is 4.56. The Kier molecular flexibility index (Phi) is 8.75. The molecule has 6 rings (SSSR count). The summed E-state index contributed by atoms with van der Waals surface area (Å²) in [6, 6.07) is 12.8. The monoisotopic (exact) mass is 604 g/mol. The molecule has 0 unspecified atom stereocenters. The van der Waals surface area contributed by atoms with E-state index in [1.54, 1.807) is 7.11 Å². The number of ether oxygens (including phenoxy) is 2. The van der Waals surface area contributed by atoms with Gasteiger partial charge in [-0.2, -0.15) is 9.97 Å². The molecule has 3 heterocycles. The first-order valence-corrected chi connectivity index (χ1v) is 15.6. The van der Waals surface area contributed by atoms with Crippen LogP contribution in [0.2, 0.25) is 5.02 Å². The smallest absolute Gasteiger partial charge is 0.318 e. The molecule has 3 aromatic rings. The van der Waals surface area contributed by atoms with Crippen LogP contribution in [-0.2, 0) is 22.5 Å². The third-order valence-electron chi connectivity index (χ3n) is 9.43. The zero-order valence-electron chi connectivity index (χ0n) is 25.2. The van der Waals surface area contributed by atoms with Gasteiger partial charge in [0.2, 0.25) is 5.91 Å². The van der Waals surface area contributed by atoms with E-state index in [1.807, 2.05) is 17.0 Å². The summed E-state index contributed by atoms with van der Waals surface area (Å²) in [7, 11) is 3.92. The molecule has 0 spiro atoms. The van der Waals surface area contributed by atoms with Gasteiger partial charge in [-0.1, -0.05) is 42.4 Å². The van der Waals surface area contributed by atoms with Crippen LogP contribution < -0.4 is 14.5 Å². The average Bonchev–Trinajstić information content (AvgIpc) is 3.01. The SMILES string of the molecule is C=CC(=O)N1CCN(c2nc(OCCN(C)C3(COC)CCC3)nc3c2CCN(c2cccc4cccc(Cl)c24)C3)CC1. The van der Waals surface area contributed by atoms with Crippen molar-refractivity contribution in [3.05, 3.63) is 65.3 Å². The number of rotatable bonds is 10. The van der Waals surface area contributed by atoms with Crippen molar-refractivity contribution < 1.29 is 14.3 Å². The topological polar surface area (TPSA) is 74.3 Å². The Morgan fingerprint density at radius 2 is 1.86 bits per heavy atom. The van der Waals surface area contributed by atoms with Gasteiger partial charge in [0.1, 0.15) is 12.4 Å². The summed E-state index contributed by atoms with van der Waals surface area (Å²) >= 11 is 6.70. The van der Waals surface area contributed by atoms with Crippen LogP contribution in [0.3, 0.4) is 0 Å². The van der Waals surface area contributed by atoms with Gasteiger partial charge in [-0.05, 0) is 56.3 Å². The Labute approximate surface area is 259 Å². The fraction of sp³-hybridized carbons (Fsp3) is 0.485. The fourth-order valence-electron chi connectivity index (χ4n) is 6.73. The van der Waals surface area contributed by atoms with Gasteiger partial charge in [-0.15, -0.1) is 0 Å². The van der Waals surface area contributed by atoms with Gasteiger partial charge in [-0.3, -0.25) is 9.69 Å². The molecule has 228 valence electrons. The maximum atomic E-state index is 12.2. The molecule has 43 heavy (non-hydrogen) atoms. The summed E-state index contributed by atoms with van der Waals surface area (Å²) in [6.45, 7) is 9.77. The number of halogens is 1. The van der Waals surface area contributed by atoms with E-state index in [1.165, 1.54) is 12.5 Å². The Morgan fingerprint density at radius 3 is 2.56 bits per heavy atom. The van der Waals surface area contributed by atoms with Gasteiger partial charge in [0.05, 0.1) is 23.9 Å². The lowest BCUT2D eigenvalue weighted by molar-refractivity contribution is -0.126. The van der Waals surface area contributed by atoms with E-state index in [0.717, 1.165) is 77.5 Å². The lowest BCUT2D eigenvalue weighted by atomic mass is 9.76. The van der Waals surface area contributed by atoms with Crippen LogP contribution in [0.1, 0.15) is 30.5 Å². The summed E-state index contributed by atoms with van der Waals surface area (Å²) in [5, 5.41) is 2.94. The molecule has 0 atom stereocenters. The number of anilines is 2. The number of hydrogen-bond donors (Lipinski definition) is 0. The molecule has 2 aromatic carbocycles. The van der Waals surface area contributed by atoms with E-state index in [4.69, 9.17) is 31.0 Å². The first-order valence-electron chi connectivity index (χ1n) is 15.2. The molecule has 3 aliphatic rings. The van der Waals surface area contributed by atoms with Crippen LogP contribution in [0.4, 0.5) is 11.5 Å². The number of likely N-dealkylation sites (N-methyl/N-ethyl adjacent to an activating group) is 1. The molecule has 2 fully saturated rings. The number of amides is 1. The van der Waals surface area contributed by atoms with E-state index in [-0.39, 0.29) is 11.4 Å². The Balaban J connectivity index is 1.26. The summed E-state index contributed by atoms with van der Waals surface area (Å²) < 4.78 is 11.8. The fourth-order valence-corrected chi connectivity index (χ4v) is 7.01. The van der Waals surface area contributed by atoms with E-state index < -0.39 is 0 Å². The van der Waals surface area contributed by atoms with E-state index in [9.17, 15) is 4.79 Å². The van der Waals surface area contributed by atoms with Crippen molar-refractivity contribution in [2.75, 3.05) is 76.4 Å². The molecular formula is C33H41ClN6O3. The van der Waals surface area contributed by atoms with Crippen molar-refractivity contribution in [3.8, 4) is 6.01 Å². The van der Waals surface area contributed by atoms with Crippen LogP contribution in [0.15, 0.2) is 49.1 Å². The van der Waals surface area contributed by atoms with Crippen molar-refractivity contribution in [1.29, 1.82) is 0 Å². The minimum atomic E-state index is -0.0281. The van der Waals surface area contributed by atoms with Crippen molar-refractivity contribution in [1.82, 2.24) is 19.8 Å². The van der Waals surface area contributed by atoms with Crippen LogP contribution in [-0.4, -0.2) is 97.9 Å². The molecular weight excluding hydrogens is 564 g/mol. The average molecular weight is 605 g/mol. The second kappa shape index (κ2) is 12.7. The van der Waals surface area contributed by atoms with E-state index >= 15 is 0 Å². The number of benzene rings is 2. The third-order valence-corrected chi connectivity index (χ3v) is 9.74. The number of fused-ring (bicyclic) bond motifs is 2. The van der Waals surface area contributed by atoms with E-state index in [0.29, 0.717) is 45.3 Å². The highest BCUT2D eigenvalue weighted by atomic mass is 35.5. The second-order valence-corrected chi connectivity index (χ2v) is 12.2. The summed E-state index contributed by atoms with van der Waals surface area (Å²) in [6.07, 6.45) is 5.71. The summed E-state index contributed by atoms with van der Waals surface area (Å²) in [4.78, 5) is 31.0. The van der Waals surface area contributed by atoms with Crippen molar-refractivity contribution in [2.45, 2.75) is 37.8 Å². The minimum Gasteiger partial charge on any atom is -0.462 e. The molecule has 1 aromatic heterocycles. The molecule has 0 radical (unpaired) electrons. The van der Waals surface area contributed by atoms with Crippen molar-refractivity contribution >= 4 is 39.8 Å². The molecule has 9 nitrogen and oxygen atoms in total. The van der Waals surface area contributed by atoms with Crippen LogP contribution in [0.5, 0.6) is 6.01 Å². The Morgan fingerprint density at radius 1 is 1.09 bits per heavy atom. The second-order valence-electron chi connectivity index (χ2n) is 11.8. The normalized spacial score (nSPS) is 18.0. The van der Waals surface area contributed by atoms with E-state index in [2.05, 4.69) is 52.6 Å². The van der Waals surface area contributed by atoms with Crippen LogP contribution in [0, 0.1) is 0 Å². The highest BCUT2D eigenvalue weighted by Gasteiger charge is 2.40. The zero-order valence-corrected chi connectivity index (χ0v) is 26.0. The first kappa shape index (κ1) is 29.7. The summed E-state index contributed by atoms with van der Waals surface area (Å²) in [5.41, 5.74) is 3.34. The lowest BCUT2D eigenvalue weighted by Gasteiger charge is -2.48. The summed E-state index contributed by atoms with van der Waals surface area (Å²) in [5.74, 6) is 0.893. The highest BCUT2D eigenvalue weighted by Crippen LogP contribution is 2.38. The van der Waals surface area contributed by atoms with Crippen LogP contribution >= 0.6 is 11.6 Å². The molecule has 1 saturated heterocycles. The Hall–Kier alpha value is -3.40.